The number of ketones is 1. The second-order valence-corrected chi connectivity index (χ2v) is 11.1. The van der Waals surface area contributed by atoms with Crippen molar-refractivity contribution in [2.24, 2.45) is 0 Å². The molecule has 10 nitrogen and oxygen atoms in total. The number of carbonyl (C=O) groups excluding carboxylic acids is 2. The van der Waals surface area contributed by atoms with Gasteiger partial charge >= 0.3 is 5.91 Å². The SMILES string of the molecule is Cc1nn([C@@H]2CCS(=O)(=O)C2)c(C)c1CN(C)CN1C(=O)C(=O)c2cc3c(cc21)OCCO3. The molecule has 0 radical (unpaired) electrons. The summed E-state index contributed by atoms with van der Waals surface area (Å²) < 4.78 is 36.8. The summed E-state index contributed by atoms with van der Waals surface area (Å²) in [4.78, 5) is 28.7. The van der Waals surface area contributed by atoms with Gasteiger partial charge in [-0.05, 0) is 33.4 Å². The van der Waals surface area contributed by atoms with Crippen molar-refractivity contribution < 1.29 is 27.5 Å². The molecule has 0 N–H and O–H groups in total. The van der Waals surface area contributed by atoms with Crippen LogP contribution in [-0.2, 0) is 21.2 Å². The van der Waals surface area contributed by atoms with E-state index in [0.717, 1.165) is 17.0 Å². The number of aromatic nitrogens is 2. The van der Waals surface area contributed by atoms with Gasteiger partial charge in [-0.3, -0.25) is 24.1 Å². The molecule has 3 aliphatic rings. The molecule has 0 unspecified atom stereocenters. The Labute approximate surface area is 192 Å². The average Bonchev–Trinajstić information content (AvgIpc) is 3.35. The topological polar surface area (TPSA) is 111 Å². The maximum atomic E-state index is 12.7. The van der Waals surface area contributed by atoms with E-state index in [9.17, 15) is 18.0 Å². The lowest BCUT2D eigenvalue weighted by Gasteiger charge is -2.26. The number of aryl methyl sites for hydroxylation is 1. The quantitative estimate of drug-likeness (QED) is 0.596. The number of hydrogen-bond donors (Lipinski definition) is 0. The molecule has 1 atom stereocenters. The van der Waals surface area contributed by atoms with E-state index in [1.807, 2.05) is 30.5 Å². The van der Waals surface area contributed by atoms with Crippen LogP contribution in [0.25, 0.3) is 0 Å². The molecule has 0 spiro atoms. The van der Waals surface area contributed by atoms with Crippen molar-refractivity contribution in [2.45, 2.75) is 32.9 Å². The smallest absolute Gasteiger partial charge is 0.300 e. The first-order valence-corrected chi connectivity index (χ1v) is 12.7. The highest BCUT2D eigenvalue weighted by Crippen LogP contribution is 2.40. The Balaban J connectivity index is 1.36. The first-order valence-electron chi connectivity index (χ1n) is 10.9. The fourth-order valence-electron chi connectivity index (χ4n) is 4.78. The summed E-state index contributed by atoms with van der Waals surface area (Å²) in [5.74, 6) is 0.159. The summed E-state index contributed by atoms with van der Waals surface area (Å²) in [5.41, 5.74) is 3.57. The number of rotatable bonds is 5. The van der Waals surface area contributed by atoms with Gasteiger partial charge in [0.2, 0.25) is 0 Å². The van der Waals surface area contributed by atoms with Crippen molar-refractivity contribution in [3.8, 4) is 11.5 Å². The van der Waals surface area contributed by atoms with Gasteiger partial charge < -0.3 is 9.47 Å². The number of fused-ring (bicyclic) bond motifs is 2. The maximum Gasteiger partial charge on any atom is 0.300 e. The minimum absolute atomic E-state index is 0.113. The van der Waals surface area contributed by atoms with Crippen LogP contribution in [0.3, 0.4) is 0 Å². The van der Waals surface area contributed by atoms with Gasteiger partial charge in [0, 0.05) is 23.9 Å². The van der Waals surface area contributed by atoms with Crippen molar-refractivity contribution >= 4 is 27.2 Å². The van der Waals surface area contributed by atoms with Crippen LogP contribution in [0.4, 0.5) is 5.69 Å². The predicted octanol–water partition coefficient (Wildman–Crippen LogP) is 1.25. The summed E-state index contributed by atoms with van der Waals surface area (Å²) in [5, 5.41) is 4.61. The number of hydrogen-bond acceptors (Lipinski definition) is 8. The van der Waals surface area contributed by atoms with Crippen molar-refractivity contribution in [1.82, 2.24) is 14.7 Å². The number of Topliss-reactive ketones (excluding diaryl/α,β-unsaturated/α-hetero) is 1. The molecular formula is C22H26N4O6S. The summed E-state index contributed by atoms with van der Waals surface area (Å²) in [6.07, 6.45) is 0.566. The highest BCUT2D eigenvalue weighted by Gasteiger charge is 2.38. The molecule has 0 saturated carbocycles. The van der Waals surface area contributed by atoms with Gasteiger partial charge in [0.15, 0.2) is 21.3 Å². The number of benzene rings is 1. The van der Waals surface area contributed by atoms with Crippen LogP contribution in [0.5, 0.6) is 11.5 Å². The standard InChI is InChI=1S/C22H26N4O6S/c1-13-17(14(2)26(23-13)15-4-7-33(29,30)11-15)10-24(3)12-25-18-9-20-19(31-5-6-32-20)8-16(18)21(27)22(25)28/h8-9,15H,4-7,10-12H2,1-3H3/t15-/m1/s1. The zero-order valence-electron chi connectivity index (χ0n) is 18.8. The third-order valence-corrected chi connectivity index (χ3v) is 8.23. The molecule has 0 aliphatic carbocycles. The lowest BCUT2D eigenvalue weighted by atomic mass is 10.1. The normalized spacial score (nSPS) is 21.2. The van der Waals surface area contributed by atoms with E-state index in [2.05, 4.69) is 5.10 Å². The Morgan fingerprint density at radius 2 is 1.85 bits per heavy atom. The van der Waals surface area contributed by atoms with Gasteiger partial charge in [-0.15, -0.1) is 0 Å². The third-order valence-electron chi connectivity index (χ3n) is 6.48. The first kappa shape index (κ1) is 21.9. The van der Waals surface area contributed by atoms with E-state index in [-0.39, 0.29) is 24.2 Å². The second-order valence-electron chi connectivity index (χ2n) is 8.88. The lowest BCUT2D eigenvalue weighted by molar-refractivity contribution is -0.114. The molecule has 1 aromatic heterocycles. The zero-order chi connectivity index (χ0) is 23.5. The predicted molar refractivity (Wildman–Crippen MR) is 120 cm³/mol. The number of anilines is 1. The van der Waals surface area contributed by atoms with Crippen molar-refractivity contribution in [3.63, 3.8) is 0 Å². The number of nitrogens with zero attached hydrogens (tertiary/aromatic N) is 4. The van der Waals surface area contributed by atoms with Gasteiger partial charge in [0.25, 0.3) is 5.78 Å². The summed E-state index contributed by atoms with van der Waals surface area (Å²) in [6, 6.07) is 3.12. The second kappa shape index (κ2) is 7.84. The average molecular weight is 475 g/mol. The molecule has 1 saturated heterocycles. The third kappa shape index (κ3) is 3.78. The summed E-state index contributed by atoms with van der Waals surface area (Å²) in [7, 11) is -1.15. The highest BCUT2D eigenvalue weighted by atomic mass is 32.2. The van der Waals surface area contributed by atoms with E-state index in [4.69, 9.17) is 9.47 Å². The van der Waals surface area contributed by atoms with Crippen molar-refractivity contribution in [2.75, 3.05) is 43.3 Å². The number of sulfone groups is 1. The Morgan fingerprint density at radius 1 is 1.15 bits per heavy atom. The largest absolute Gasteiger partial charge is 0.486 e. The molecule has 0 bridgehead atoms. The minimum atomic E-state index is -3.02. The Kier molecular flexibility index (Phi) is 5.20. The van der Waals surface area contributed by atoms with Gasteiger partial charge in [0.1, 0.15) is 13.2 Å². The van der Waals surface area contributed by atoms with E-state index >= 15 is 0 Å². The molecule has 3 aliphatic heterocycles. The first-order chi connectivity index (χ1) is 15.6. The van der Waals surface area contributed by atoms with E-state index in [1.54, 1.807) is 12.1 Å². The minimum Gasteiger partial charge on any atom is -0.486 e. The summed E-state index contributed by atoms with van der Waals surface area (Å²) >= 11 is 0. The number of carbonyl (C=O) groups is 2. The molecule has 176 valence electrons. The molecule has 1 aromatic carbocycles. The lowest BCUT2D eigenvalue weighted by Crippen LogP contribution is -2.39. The van der Waals surface area contributed by atoms with Gasteiger partial charge in [-0.1, -0.05) is 0 Å². The van der Waals surface area contributed by atoms with E-state index in [1.165, 1.54) is 4.90 Å². The molecule has 5 rings (SSSR count). The molecule has 1 amide bonds. The van der Waals surface area contributed by atoms with Crippen LogP contribution in [0.1, 0.15) is 39.8 Å². The maximum absolute atomic E-state index is 12.7. The molecule has 1 fully saturated rings. The van der Waals surface area contributed by atoms with Gasteiger partial charge in [-0.2, -0.15) is 5.10 Å². The van der Waals surface area contributed by atoms with Crippen molar-refractivity contribution in [3.05, 3.63) is 34.6 Å². The zero-order valence-corrected chi connectivity index (χ0v) is 19.6. The van der Waals surface area contributed by atoms with Gasteiger partial charge in [0.05, 0.1) is 41.2 Å². The van der Waals surface area contributed by atoms with E-state index < -0.39 is 21.5 Å². The van der Waals surface area contributed by atoms with Crippen LogP contribution < -0.4 is 14.4 Å². The molecular weight excluding hydrogens is 448 g/mol. The summed E-state index contributed by atoms with van der Waals surface area (Å²) in [6.45, 7) is 5.36. The number of amides is 1. The fourth-order valence-corrected chi connectivity index (χ4v) is 6.47. The van der Waals surface area contributed by atoms with Crippen LogP contribution in [0.15, 0.2) is 12.1 Å². The Morgan fingerprint density at radius 3 is 2.52 bits per heavy atom. The Hall–Kier alpha value is -2.92. The molecule has 33 heavy (non-hydrogen) atoms. The van der Waals surface area contributed by atoms with Crippen LogP contribution >= 0.6 is 0 Å². The van der Waals surface area contributed by atoms with Crippen LogP contribution in [-0.4, -0.2) is 73.2 Å². The molecule has 4 heterocycles. The van der Waals surface area contributed by atoms with Crippen molar-refractivity contribution in [1.29, 1.82) is 0 Å². The monoisotopic (exact) mass is 474 g/mol. The van der Waals surface area contributed by atoms with Crippen LogP contribution in [0, 0.1) is 13.8 Å². The van der Waals surface area contributed by atoms with E-state index in [0.29, 0.717) is 48.9 Å². The number of ether oxygens (including phenoxy) is 2. The highest BCUT2D eigenvalue weighted by molar-refractivity contribution is 7.91. The molecule has 2 aromatic rings. The fraction of sp³-hybridized carbons (Fsp3) is 0.500. The molecule has 11 heteroatoms. The van der Waals surface area contributed by atoms with Crippen LogP contribution in [0.2, 0.25) is 0 Å². The Bertz CT molecular complexity index is 1270. The van der Waals surface area contributed by atoms with Gasteiger partial charge in [-0.25, -0.2) is 8.42 Å².